The smallest absolute Gasteiger partial charge is 0.371 e. The molecule has 9 nitrogen and oxygen atoms in total. The van der Waals surface area contributed by atoms with E-state index in [0.717, 1.165) is 39.7 Å². The second-order valence-electron chi connectivity index (χ2n) is 10.2. The number of fused-ring (bicyclic) bond motifs is 1. The standard InChI is InChI=1S/C31H28N4O5S/c1-19-25-17-27(22-15-16-22)34(29(25)33-28(32-19)31(37)38)18-20-11-13-21(14-12-20)24-9-5-6-10-26(24)35(41(39)40)30(36)23-7-3-2-4-8-23/h2-14,17,19,22H,15-16,18H2,1H3,(H,32,33)(H,37,38)(H,39,40)/p-1. The summed E-state index contributed by atoms with van der Waals surface area (Å²) in [6.07, 6.45) is 2.19. The molecular weight excluding hydrogens is 540 g/mol. The molecule has 1 amide bonds. The third-order valence-corrected chi connectivity index (χ3v) is 8.11. The molecule has 0 radical (unpaired) electrons. The number of carbonyl (C=O) groups excluding carboxylic acids is 1. The van der Waals surface area contributed by atoms with E-state index in [-0.39, 0.29) is 23.1 Å². The second kappa shape index (κ2) is 10.8. The van der Waals surface area contributed by atoms with E-state index in [4.69, 9.17) is 0 Å². The lowest BCUT2D eigenvalue weighted by Gasteiger charge is -2.26. The summed E-state index contributed by atoms with van der Waals surface area (Å²) in [5.74, 6) is -0.600. The quantitative estimate of drug-likeness (QED) is 0.271. The molecule has 10 heteroatoms. The molecular formula is C31H27N4O5S-. The minimum absolute atomic E-state index is 0.0657. The summed E-state index contributed by atoms with van der Waals surface area (Å²) in [4.78, 5) is 29.2. The van der Waals surface area contributed by atoms with Gasteiger partial charge in [0.25, 0.3) is 5.91 Å². The summed E-state index contributed by atoms with van der Waals surface area (Å²) in [5, 5.41) is 12.6. The highest BCUT2D eigenvalue weighted by molar-refractivity contribution is 7.81. The zero-order chi connectivity index (χ0) is 28.7. The Hall–Kier alpha value is -4.54. The summed E-state index contributed by atoms with van der Waals surface area (Å²) in [5.41, 5.74) is 5.02. The van der Waals surface area contributed by atoms with E-state index in [0.29, 0.717) is 18.0 Å². The molecule has 1 fully saturated rings. The van der Waals surface area contributed by atoms with Crippen molar-refractivity contribution in [2.75, 3.05) is 9.62 Å². The van der Waals surface area contributed by atoms with E-state index in [1.165, 1.54) is 5.69 Å². The molecule has 4 aromatic rings. The first-order valence-electron chi connectivity index (χ1n) is 13.3. The zero-order valence-electron chi connectivity index (χ0n) is 22.2. The van der Waals surface area contributed by atoms with Crippen molar-refractivity contribution in [2.45, 2.75) is 38.3 Å². The monoisotopic (exact) mass is 567 g/mol. The van der Waals surface area contributed by atoms with Crippen LogP contribution in [0, 0.1) is 0 Å². The Morgan fingerprint density at radius 3 is 2.39 bits per heavy atom. The van der Waals surface area contributed by atoms with Crippen LogP contribution in [0.5, 0.6) is 0 Å². The fourth-order valence-electron chi connectivity index (χ4n) is 5.28. The van der Waals surface area contributed by atoms with Crippen LogP contribution in [-0.2, 0) is 22.6 Å². The number of aromatic nitrogens is 1. The molecule has 2 N–H and O–H groups in total. The van der Waals surface area contributed by atoms with Crippen molar-refractivity contribution in [3.05, 3.63) is 107 Å². The van der Waals surface area contributed by atoms with E-state index in [9.17, 15) is 23.5 Å². The van der Waals surface area contributed by atoms with Crippen LogP contribution >= 0.6 is 0 Å². The maximum absolute atomic E-state index is 13.2. The zero-order valence-corrected chi connectivity index (χ0v) is 23.0. The van der Waals surface area contributed by atoms with Gasteiger partial charge in [-0.25, -0.2) is 9.10 Å². The fourth-order valence-corrected chi connectivity index (χ4v) is 5.84. The van der Waals surface area contributed by atoms with E-state index in [1.54, 1.807) is 54.6 Å². The number of aliphatic imine (C=N–C) groups is 1. The van der Waals surface area contributed by atoms with Gasteiger partial charge < -0.3 is 19.5 Å². The van der Waals surface area contributed by atoms with Crippen molar-refractivity contribution in [1.29, 1.82) is 0 Å². The molecule has 208 valence electrons. The van der Waals surface area contributed by atoms with Crippen LogP contribution in [0.3, 0.4) is 0 Å². The Bertz CT molecular complexity index is 1690. The highest BCUT2D eigenvalue weighted by Gasteiger charge is 2.33. The van der Waals surface area contributed by atoms with Crippen LogP contribution in [0.2, 0.25) is 0 Å². The van der Waals surface area contributed by atoms with Crippen LogP contribution in [0.25, 0.3) is 11.1 Å². The number of hydrogen-bond donors (Lipinski definition) is 2. The molecule has 2 atom stereocenters. The van der Waals surface area contributed by atoms with Crippen molar-refractivity contribution in [3.8, 4) is 11.1 Å². The van der Waals surface area contributed by atoms with Gasteiger partial charge in [-0.2, -0.15) is 0 Å². The lowest BCUT2D eigenvalue weighted by atomic mass is 10.0. The molecule has 3 aromatic carbocycles. The molecule has 2 aliphatic rings. The van der Waals surface area contributed by atoms with Crippen molar-refractivity contribution in [3.63, 3.8) is 0 Å². The van der Waals surface area contributed by atoms with E-state index >= 15 is 0 Å². The number of benzene rings is 3. The Morgan fingerprint density at radius 1 is 1.05 bits per heavy atom. The highest BCUT2D eigenvalue weighted by atomic mass is 32.2. The number of nitrogens with zero attached hydrogens (tertiary/aromatic N) is 3. The Labute approximate surface area is 239 Å². The van der Waals surface area contributed by atoms with Gasteiger partial charge in [-0.15, -0.1) is 0 Å². The molecule has 1 aliphatic carbocycles. The molecule has 2 unspecified atom stereocenters. The Morgan fingerprint density at radius 2 is 1.73 bits per heavy atom. The minimum Gasteiger partial charge on any atom is -0.755 e. The van der Waals surface area contributed by atoms with Gasteiger partial charge in [-0.3, -0.25) is 14.0 Å². The predicted molar refractivity (Wildman–Crippen MR) is 157 cm³/mol. The van der Waals surface area contributed by atoms with Gasteiger partial charge in [0, 0.05) is 28.9 Å². The molecule has 0 spiro atoms. The molecule has 1 aromatic heterocycles. The van der Waals surface area contributed by atoms with Gasteiger partial charge in [-0.1, -0.05) is 60.7 Å². The average Bonchev–Trinajstić information content (AvgIpc) is 3.76. The number of hydrogen-bond acceptors (Lipinski definition) is 6. The van der Waals surface area contributed by atoms with Crippen molar-refractivity contribution < 1.29 is 23.5 Å². The summed E-state index contributed by atoms with van der Waals surface area (Å²) in [6, 6.07) is 24.8. The number of anilines is 2. The summed E-state index contributed by atoms with van der Waals surface area (Å²) < 4.78 is 27.5. The van der Waals surface area contributed by atoms with Crippen LogP contribution in [0.15, 0.2) is 89.9 Å². The number of amidine groups is 1. The molecule has 2 heterocycles. The molecule has 1 aliphatic heterocycles. The lowest BCUT2D eigenvalue weighted by molar-refractivity contribution is -0.129. The van der Waals surface area contributed by atoms with E-state index in [2.05, 4.69) is 20.9 Å². The number of nitrogens with one attached hydrogen (secondary N) is 1. The minimum atomic E-state index is -2.84. The van der Waals surface area contributed by atoms with Gasteiger partial charge in [0.05, 0.1) is 23.0 Å². The summed E-state index contributed by atoms with van der Waals surface area (Å²) in [6.45, 7) is 2.43. The lowest BCUT2D eigenvalue weighted by Crippen LogP contribution is -2.33. The molecule has 1 saturated carbocycles. The molecule has 6 rings (SSSR count). The van der Waals surface area contributed by atoms with Gasteiger partial charge in [-0.05, 0) is 61.1 Å². The van der Waals surface area contributed by atoms with Gasteiger partial charge >= 0.3 is 5.97 Å². The van der Waals surface area contributed by atoms with Crippen LogP contribution in [0.1, 0.15) is 58.9 Å². The summed E-state index contributed by atoms with van der Waals surface area (Å²) in [7, 11) is 0. The number of amides is 1. The second-order valence-corrected chi connectivity index (χ2v) is 11.0. The SMILES string of the molecule is CC1N=C(C(=O)O)Nc2c1cc(C1CC1)n2Cc1ccc(-c2ccccc2N(C(=O)c2ccccc2)S(=O)[O-])cc1. The number of carbonyl (C=O) groups is 2. The van der Waals surface area contributed by atoms with Crippen LogP contribution in [-0.4, -0.2) is 36.1 Å². The fraction of sp³-hybridized carbons (Fsp3) is 0.194. The van der Waals surface area contributed by atoms with Crippen molar-refractivity contribution in [1.82, 2.24) is 4.57 Å². The average molecular weight is 568 g/mol. The number of rotatable bonds is 8. The number of aliphatic carboxylic acids is 1. The first-order valence-corrected chi connectivity index (χ1v) is 14.3. The predicted octanol–water partition coefficient (Wildman–Crippen LogP) is 5.49. The first kappa shape index (κ1) is 26.7. The highest BCUT2D eigenvalue weighted by Crippen LogP contribution is 2.45. The maximum Gasteiger partial charge on any atom is 0.371 e. The maximum atomic E-state index is 13.2. The molecule has 0 bridgehead atoms. The summed E-state index contributed by atoms with van der Waals surface area (Å²) >= 11 is -2.84. The topological polar surface area (TPSA) is 127 Å². The number of para-hydroxylation sites is 1. The first-order chi connectivity index (χ1) is 19.8. The number of carboxylic acids is 1. The Balaban J connectivity index is 1.32. The largest absolute Gasteiger partial charge is 0.755 e. The van der Waals surface area contributed by atoms with Crippen molar-refractivity contribution >= 4 is 40.5 Å². The number of carboxylic acid groups (broad SMARTS) is 1. The Kier molecular flexibility index (Phi) is 7.02. The van der Waals surface area contributed by atoms with E-state index in [1.807, 2.05) is 31.2 Å². The molecule has 0 saturated heterocycles. The third kappa shape index (κ3) is 5.19. The van der Waals surface area contributed by atoms with E-state index < -0.39 is 23.1 Å². The third-order valence-electron chi connectivity index (χ3n) is 7.45. The van der Waals surface area contributed by atoms with Gasteiger partial charge in [0.1, 0.15) is 5.82 Å². The normalized spacial score (nSPS) is 16.7. The van der Waals surface area contributed by atoms with Gasteiger partial charge in [0.15, 0.2) is 0 Å². The van der Waals surface area contributed by atoms with Crippen LogP contribution in [0.4, 0.5) is 11.5 Å². The molecule has 41 heavy (non-hydrogen) atoms. The van der Waals surface area contributed by atoms with Crippen molar-refractivity contribution in [2.24, 2.45) is 4.99 Å². The van der Waals surface area contributed by atoms with Gasteiger partial charge in [0.2, 0.25) is 5.84 Å². The van der Waals surface area contributed by atoms with Crippen LogP contribution < -0.4 is 9.62 Å².